The van der Waals surface area contributed by atoms with Gasteiger partial charge in [-0.1, -0.05) is 95.2 Å². The molecule has 1 aliphatic carbocycles. The highest BCUT2D eigenvalue weighted by atomic mass is 16.5. The lowest BCUT2D eigenvalue weighted by Gasteiger charge is -2.38. The van der Waals surface area contributed by atoms with E-state index in [1.165, 1.54) is 68.9 Å². The van der Waals surface area contributed by atoms with Gasteiger partial charge in [-0.2, -0.15) is 0 Å². The summed E-state index contributed by atoms with van der Waals surface area (Å²) < 4.78 is 5.35. The van der Waals surface area contributed by atoms with Crippen molar-refractivity contribution in [3.05, 3.63) is 72.3 Å². The molecule has 2 heteroatoms. The van der Waals surface area contributed by atoms with Gasteiger partial charge in [0.1, 0.15) is 5.76 Å². The topological polar surface area (TPSA) is 29.5 Å². The van der Waals surface area contributed by atoms with Crippen molar-refractivity contribution < 1.29 is 9.84 Å². The van der Waals surface area contributed by atoms with E-state index in [0.29, 0.717) is 0 Å². The first kappa shape index (κ1) is 25.1. The molecular weight excluding hydrogens is 356 g/mol. The largest absolute Gasteiger partial charge is 0.509 e. The first-order valence-corrected chi connectivity index (χ1v) is 11.3. The first-order chi connectivity index (χ1) is 14.0. The van der Waals surface area contributed by atoms with E-state index in [-0.39, 0.29) is 11.2 Å². The molecule has 0 aromatic rings. The maximum atomic E-state index is 9.66. The Morgan fingerprint density at radius 2 is 1.38 bits per heavy atom. The number of methoxy groups -OCH3 is 1. The summed E-state index contributed by atoms with van der Waals surface area (Å²) in [5, 5.41) is 9.66. The van der Waals surface area contributed by atoms with Crippen LogP contribution in [0.15, 0.2) is 72.3 Å². The molecule has 2 nitrogen and oxygen atoms in total. The lowest BCUT2D eigenvalue weighted by Crippen LogP contribution is -2.25. The number of hydrogen-bond acceptors (Lipinski definition) is 2. The van der Waals surface area contributed by atoms with Gasteiger partial charge in [0.15, 0.2) is 0 Å². The monoisotopic (exact) mass is 398 g/mol. The fraction of sp³-hybridized carbons (Fsp3) is 0.556. The third-order valence-corrected chi connectivity index (χ3v) is 6.12. The Kier molecular flexibility index (Phi) is 12.2. The van der Waals surface area contributed by atoms with Crippen LogP contribution in [-0.4, -0.2) is 12.2 Å². The Bertz CT molecular complexity index is 619. The molecule has 1 N–H and O–H groups in total. The lowest BCUT2D eigenvalue weighted by molar-refractivity contribution is 0.293. The van der Waals surface area contributed by atoms with Gasteiger partial charge in [-0.3, -0.25) is 0 Å². The number of aliphatic hydroxyl groups is 1. The minimum Gasteiger partial charge on any atom is -0.509 e. The van der Waals surface area contributed by atoms with Crippen molar-refractivity contribution in [2.24, 2.45) is 5.41 Å². The number of aliphatic hydroxyl groups excluding tert-OH is 1. The van der Waals surface area contributed by atoms with Crippen LogP contribution in [0.2, 0.25) is 0 Å². The summed E-state index contributed by atoms with van der Waals surface area (Å²) in [5.41, 5.74) is 2.36. The van der Waals surface area contributed by atoms with Crippen LogP contribution >= 0.6 is 0 Å². The van der Waals surface area contributed by atoms with Crippen molar-refractivity contribution in [2.45, 2.75) is 84.5 Å². The van der Waals surface area contributed by atoms with Crippen LogP contribution in [-0.2, 0) is 4.74 Å². The Morgan fingerprint density at radius 1 is 0.862 bits per heavy atom. The molecule has 162 valence electrons. The first-order valence-electron chi connectivity index (χ1n) is 11.3. The van der Waals surface area contributed by atoms with E-state index in [0.717, 1.165) is 18.6 Å². The minimum absolute atomic E-state index is 0.0897. The highest BCUT2D eigenvalue weighted by Crippen LogP contribution is 2.47. The average molecular weight is 399 g/mol. The normalized spacial score (nSPS) is 20.6. The molecule has 1 saturated carbocycles. The molecule has 0 bridgehead atoms. The van der Waals surface area contributed by atoms with Crippen molar-refractivity contribution in [1.29, 1.82) is 0 Å². The van der Waals surface area contributed by atoms with Gasteiger partial charge < -0.3 is 9.84 Å². The molecule has 0 unspecified atom stereocenters. The van der Waals surface area contributed by atoms with Gasteiger partial charge in [0.25, 0.3) is 0 Å². The maximum absolute atomic E-state index is 9.66. The summed E-state index contributed by atoms with van der Waals surface area (Å²) in [7, 11) is 1.70. The summed E-state index contributed by atoms with van der Waals surface area (Å²) in [6.45, 7) is 11.9. The van der Waals surface area contributed by atoms with E-state index in [1.54, 1.807) is 13.2 Å². The summed E-state index contributed by atoms with van der Waals surface area (Å²) >= 11 is 0. The van der Waals surface area contributed by atoms with Crippen LogP contribution in [0.25, 0.3) is 0 Å². The van der Waals surface area contributed by atoms with Crippen LogP contribution in [0.1, 0.15) is 84.5 Å². The predicted molar refractivity (Wildman–Crippen MR) is 127 cm³/mol. The van der Waals surface area contributed by atoms with Crippen molar-refractivity contribution in [3.63, 3.8) is 0 Å². The summed E-state index contributed by atoms with van der Waals surface area (Å²) in [5.74, 6) is 0.973. The zero-order chi connectivity index (χ0) is 21.5. The molecule has 1 aliphatic rings. The van der Waals surface area contributed by atoms with Gasteiger partial charge in [-0.25, -0.2) is 0 Å². The molecule has 0 radical (unpaired) electrons. The van der Waals surface area contributed by atoms with Crippen LogP contribution in [0.5, 0.6) is 0 Å². The minimum atomic E-state index is -0.105. The van der Waals surface area contributed by atoms with Gasteiger partial charge in [-0.15, -0.1) is 0 Å². The maximum Gasteiger partial charge on any atom is 0.108 e. The van der Waals surface area contributed by atoms with Gasteiger partial charge >= 0.3 is 0 Å². The molecular formula is C27H42O2. The van der Waals surface area contributed by atoms with Gasteiger partial charge in [0.05, 0.1) is 12.9 Å². The van der Waals surface area contributed by atoms with Crippen molar-refractivity contribution >= 4 is 0 Å². The third-order valence-electron chi connectivity index (χ3n) is 6.12. The van der Waals surface area contributed by atoms with E-state index in [9.17, 15) is 5.11 Å². The molecule has 0 aliphatic heterocycles. The molecule has 0 saturated heterocycles. The fourth-order valence-electron chi connectivity index (χ4n) is 4.38. The molecule has 0 heterocycles. The van der Waals surface area contributed by atoms with E-state index in [1.807, 2.05) is 25.2 Å². The number of hydrogen-bond donors (Lipinski definition) is 1. The molecule has 29 heavy (non-hydrogen) atoms. The second-order valence-corrected chi connectivity index (χ2v) is 8.14. The SMILES string of the molecule is C=C/C(=C\C=C(/C)OC)C1(C(/C=C\C(=C)O)=C/C)CCCCCCCCCCC1. The van der Waals surface area contributed by atoms with Crippen molar-refractivity contribution in [1.82, 2.24) is 0 Å². The van der Waals surface area contributed by atoms with E-state index >= 15 is 0 Å². The molecule has 0 atom stereocenters. The smallest absolute Gasteiger partial charge is 0.108 e. The molecule has 0 aromatic carbocycles. The number of rotatable bonds is 7. The summed E-state index contributed by atoms with van der Waals surface area (Å²) in [6, 6.07) is 0. The predicted octanol–water partition coefficient (Wildman–Crippen LogP) is 8.51. The van der Waals surface area contributed by atoms with Crippen LogP contribution in [0, 0.1) is 5.41 Å². The molecule has 0 spiro atoms. The van der Waals surface area contributed by atoms with Crippen LogP contribution < -0.4 is 0 Å². The van der Waals surface area contributed by atoms with Gasteiger partial charge in [0.2, 0.25) is 0 Å². The lowest BCUT2D eigenvalue weighted by atomic mass is 9.66. The zero-order valence-corrected chi connectivity index (χ0v) is 19.0. The standard InChI is InChI=1S/C27H42O2/c1-6-25(19-17-23(3)28)27(26(7-2)20-18-24(4)29-5)21-15-13-11-9-8-10-12-14-16-22-27/h6-7,17-20,28H,2-3,8-16,21-22H2,1,4-5H3/b19-17-,24-18+,25-6+,26-20+. The van der Waals surface area contributed by atoms with E-state index in [4.69, 9.17) is 4.74 Å². The Hall–Kier alpha value is -1.96. The third kappa shape index (κ3) is 8.51. The number of ether oxygens (including phenoxy) is 1. The highest BCUT2D eigenvalue weighted by Gasteiger charge is 2.34. The van der Waals surface area contributed by atoms with Gasteiger partial charge in [0, 0.05) is 5.41 Å². The average Bonchev–Trinajstić information content (AvgIpc) is 2.70. The second-order valence-electron chi connectivity index (χ2n) is 8.14. The molecule has 0 amide bonds. The quantitative estimate of drug-likeness (QED) is 0.344. The molecule has 1 fully saturated rings. The summed E-state index contributed by atoms with van der Waals surface area (Å²) in [4.78, 5) is 0. The van der Waals surface area contributed by atoms with Crippen molar-refractivity contribution in [3.8, 4) is 0 Å². The van der Waals surface area contributed by atoms with Crippen molar-refractivity contribution in [2.75, 3.05) is 7.11 Å². The van der Waals surface area contributed by atoms with E-state index in [2.05, 4.69) is 32.2 Å². The molecule has 0 aromatic heterocycles. The zero-order valence-electron chi connectivity index (χ0n) is 19.0. The molecule has 1 rings (SSSR count). The Labute approximate surface area is 179 Å². The Morgan fingerprint density at radius 3 is 1.79 bits per heavy atom. The van der Waals surface area contributed by atoms with E-state index < -0.39 is 0 Å². The van der Waals surface area contributed by atoms with Crippen LogP contribution in [0.4, 0.5) is 0 Å². The van der Waals surface area contributed by atoms with Crippen LogP contribution in [0.3, 0.4) is 0 Å². The highest BCUT2D eigenvalue weighted by molar-refractivity contribution is 5.43. The fourth-order valence-corrected chi connectivity index (χ4v) is 4.38. The number of allylic oxidation sites excluding steroid dienone is 9. The Balaban J connectivity index is 3.44. The second kappa shape index (κ2) is 14.1. The summed E-state index contributed by atoms with van der Waals surface area (Å²) in [6.07, 6.45) is 26.0. The van der Waals surface area contributed by atoms with Gasteiger partial charge in [-0.05, 0) is 50.0 Å².